The van der Waals surface area contributed by atoms with Gasteiger partial charge in [-0.2, -0.15) is 0 Å². The molecule has 0 fully saturated rings. The Morgan fingerprint density at radius 1 is 1.00 bits per heavy atom. The van der Waals surface area contributed by atoms with Crippen LogP contribution in [0.1, 0.15) is 41.1 Å². The van der Waals surface area contributed by atoms with E-state index < -0.39 is 11.9 Å². The van der Waals surface area contributed by atoms with Crippen LogP contribution in [-0.2, 0) is 4.79 Å². The fourth-order valence-electron chi connectivity index (χ4n) is 3.68. The SMILES string of the molecule is O=C(CCCOc1ccccc1Cl)c1ccc(Oc2cc3c(cc2Cl)C(C(=O)O)CCO3)cc1. The highest BCUT2D eigenvalue weighted by Crippen LogP contribution is 2.41. The molecule has 0 saturated carbocycles. The monoisotopic (exact) mass is 500 g/mol. The first-order chi connectivity index (χ1) is 16.4. The summed E-state index contributed by atoms with van der Waals surface area (Å²) in [6.45, 7) is 0.698. The van der Waals surface area contributed by atoms with Crippen molar-refractivity contribution in [2.75, 3.05) is 13.2 Å². The number of hydrogen-bond donors (Lipinski definition) is 1. The number of carboxylic acid groups (broad SMARTS) is 1. The van der Waals surface area contributed by atoms with Gasteiger partial charge in [-0.3, -0.25) is 9.59 Å². The largest absolute Gasteiger partial charge is 0.493 e. The van der Waals surface area contributed by atoms with Crippen molar-refractivity contribution in [3.63, 3.8) is 0 Å². The Kier molecular flexibility index (Phi) is 7.60. The molecule has 6 nitrogen and oxygen atoms in total. The number of Topliss-reactive ketones (excluding diaryl/α,β-unsaturated/α-hetero) is 1. The number of halogens is 2. The summed E-state index contributed by atoms with van der Waals surface area (Å²) in [6.07, 6.45) is 1.29. The van der Waals surface area contributed by atoms with E-state index in [2.05, 4.69) is 0 Å². The van der Waals surface area contributed by atoms with Crippen molar-refractivity contribution >= 4 is 35.0 Å². The Bertz CT molecular complexity index is 1190. The maximum Gasteiger partial charge on any atom is 0.311 e. The van der Waals surface area contributed by atoms with Gasteiger partial charge >= 0.3 is 5.97 Å². The van der Waals surface area contributed by atoms with Gasteiger partial charge in [0, 0.05) is 23.6 Å². The Balaban J connectivity index is 1.34. The molecular formula is C26H22Cl2O6. The molecule has 1 unspecified atom stereocenters. The van der Waals surface area contributed by atoms with Gasteiger partial charge in [0.05, 0.1) is 29.2 Å². The Hall–Kier alpha value is -3.22. The number of carboxylic acids is 1. The van der Waals surface area contributed by atoms with Crippen molar-refractivity contribution in [2.45, 2.75) is 25.2 Å². The third-order valence-corrected chi connectivity index (χ3v) is 6.06. The molecule has 176 valence electrons. The molecule has 0 saturated heterocycles. The fraction of sp³-hybridized carbons (Fsp3) is 0.231. The number of ether oxygens (including phenoxy) is 3. The normalized spacial score (nSPS) is 14.6. The number of ketones is 1. The van der Waals surface area contributed by atoms with Crippen LogP contribution in [0.25, 0.3) is 0 Å². The zero-order chi connectivity index (χ0) is 24.1. The minimum atomic E-state index is -0.912. The van der Waals surface area contributed by atoms with Crippen LogP contribution in [0.5, 0.6) is 23.0 Å². The second kappa shape index (κ2) is 10.8. The number of benzene rings is 3. The molecule has 0 aromatic heterocycles. The fourth-order valence-corrected chi connectivity index (χ4v) is 4.08. The quantitative estimate of drug-likeness (QED) is 0.257. The lowest BCUT2D eigenvalue weighted by molar-refractivity contribution is -0.139. The molecule has 1 aliphatic heterocycles. The van der Waals surface area contributed by atoms with Crippen LogP contribution in [0.3, 0.4) is 0 Å². The minimum absolute atomic E-state index is 0.00534. The van der Waals surface area contributed by atoms with E-state index in [4.69, 9.17) is 37.4 Å². The molecule has 1 aliphatic rings. The van der Waals surface area contributed by atoms with Gasteiger partial charge in [-0.15, -0.1) is 0 Å². The summed E-state index contributed by atoms with van der Waals surface area (Å²) in [7, 11) is 0. The first-order valence-corrected chi connectivity index (χ1v) is 11.6. The third kappa shape index (κ3) is 5.64. The lowest BCUT2D eigenvalue weighted by Gasteiger charge is -2.24. The molecule has 0 aliphatic carbocycles. The summed E-state index contributed by atoms with van der Waals surface area (Å²) in [5.41, 5.74) is 1.10. The number of rotatable bonds is 9. The predicted molar refractivity (Wildman–Crippen MR) is 129 cm³/mol. The molecule has 0 amide bonds. The van der Waals surface area contributed by atoms with Crippen LogP contribution in [-0.4, -0.2) is 30.1 Å². The van der Waals surface area contributed by atoms with Crippen LogP contribution >= 0.6 is 23.2 Å². The highest BCUT2D eigenvalue weighted by Gasteiger charge is 2.29. The van der Waals surface area contributed by atoms with Gasteiger partial charge in [0.1, 0.15) is 23.0 Å². The van der Waals surface area contributed by atoms with E-state index >= 15 is 0 Å². The van der Waals surface area contributed by atoms with E-state index in [0.29, 0.717) is 71.6 Å². The van der Waals surface area contributed by atoms with Gasteiger partial charge in [0.15, 0.2) is 5.78 Å². The smallest absolute Gasteiger partial charge is 0.311 e. The summed E-state index contributed by atoms with van der Waals surface area (Å²) in [4.78, 5) is 24.0. The van der Waals surface area contributed by atoms with Crippen molar-refractivity contribution < 1.29 is 28.9 Å². The molecule has 0 bridgehead atoms. The number of para-hydroxylation sites is 1. The lowest BCUT2D eigenvalue weighted by Crippen LogP contribution is -2.20. The van der Waals surface area contributed by atoms with Crippen molar-refractivity contribution in [3.8, 4) is 23.0 Å². The Morgan fingerprint density at radius 2 is 1.76 bits per heavy atom. The van der Waals surface area contributed by atoms with Crippen LogP contribution in [0.15, 0.2) is 60.7 Å². The van der Waals surface area contributed by atoms with Crippen LogP contribution in [0.4, 0.5) is 0 Å². The van der Waals surface area contributed by atoms with Crippen molar-refractivity contribution in [3.05, 3.63) is 81.8 Å². The molecule has 4 rings (SSSR count). The first kappa shape index (κ1) is 23.9. The zero-order valence-electron chi connectivity index (χ0n) is 18.1. The van der Waals surface area contributed by atoms with Crippen LogP contribution in [0, 0.1) is 0 Å². The maximum atomic E-state index is 12.5. The number of carbonyl (C=O) groups is 2. The van der Waals surface area contributed by atoms with E-state index in [1.54, 1.807) is 48.5 Å². The van der Waals surface area contributed by atoms with Gasteiger partial charge in [-0.1, -0.05) is 35.3 Å². The summed E-state index contributed by atoms with van der Waals surface area (Å²) >= 11 is 12.4. The molecule has 0 spiro atoms. The summed E-state index contributed by atoms with van der Waals surface area (Å²) in [5.74, 6) is 0.315. The lowest BCUT2D eigenvalue weighted by atomic mass is 9.93. The van der Waals surface area contributed by atoms with Gasteiger partial charge in [-0.05, 0) is 55.3 Å². The molecule has 1 heterocycles. The van der Waals surface area contributed by atoms with Crippen molar-refractivity contribution in [1.29, 1.82) is 0 Å². The van der Waals surface area contributed by atoms with Gasteiger partial charge in [-0.25, -0.2) is 0 Å². The summed E-state index contributed by atoms with van der Waals surface area (Å²) in [5, 5.41) is 10.2. The minimum Gasteiger partial charge on any atom is -0.493 e. The molecular weight excluding hydrogens is 479 g/mol. The van der Waals surface area contributed by atoms with E-state index in [1.807, 2.05) is 12.1 Å². The maximum absolute atomic E-state index is 12.5. The number of fused-ring (bicyclic) bond motifs is 1. The average Bonchev–Trinajstić information content (AvgIpc) is 2.83. The highest BCUT2D eigenvalue weighted by molar-refractivity contribution is 6.32. The number of carbonyl (C=O) groups excluding carboxylic acids is 1. The molecule has 8 heteroatoms. The third-order valence-electron chi connectivity index (χ3n) is 5.45. The molecule has 34 heavy (non-hydrogen) atoms. The van der Waals surface area contributed by atoms with Gasteiger partial charge in [0.25, 0.3) is 0 Å². The number of aliphatic carboxylic acids is 1. The molecule has 3 aromatic rings. The van der Waals surface area contributed by atoms with Crippen molar-refractivity contribution in [2.24, 2.45) is 0 Å². The Labute approximate surface area is 207 Å². The standard InChI is InChI=1S/C26H22Cl2O6/c27-20-4-1-2-6-23(20)32-12-3-5-22(29)16-7-9-17(10-8-16)34-25-15-24-19(14-21(25)28)18(26(30)31)11-13-33-24/h1-2,4,6-10,14-15,18H,3,5,11-13H2,(H,30,31). The first-order valence-electron chi connectivity index (χ1n) is 10.8. The van der Waals surface area contributed by atoms with E-state index in [0.717, 1.165) is 0 Å². The molecule has 0 radical (unpaired) electrons. The molecule has 3 aromatic carbocycles. The summed E-state index contributed by atoms with van der Waals surface area (Å²) in [6, 6.07) is 17.1. The second-order valence-electron chi connectivity index (χ2n) is 7.78. The van der Waals surface area contributed by atoms with Crippen LogP contribution < -0.4 is 14.2 Å². The molecule has 1 atom stereocenters. The van der Waals surface area contributed by atoms with Crippen LogP contribution in [0.2, 0.25) is 10.0 Å². The predicted octanol–water partition coefficient (Wildman–Crippen LogP) is 6.78. The van der Waals surface area contributed by atoms with E-state index in [-0.39, 0.29) is 10.8 Å². The topological polar surface area (TPSA) is 82.1 Å². The Morgan fingerprint density at radius 3 is 2.50 bits per heavy atom. The highest BCUT2D eigenvalue weighted by atomic mass is 35.5. The summed E-state index contributed by atoms with van der Waals surface area (Å²) < 4.78 is 17.1. The number of hydrogen-bond acceptors (Lipinski definition) is 5. The molecule has 1 N–H and O–H groups in total. The average molecular weight is 501 g/mol. The zero-order valence-corrected chi connectivity index (χ0v) is 19.6. The van der Waals surface area contributed by atoms with E-state index in [1.165, 1.54) is 0 Å². The second-order valence-corrected chi connectivity index (χ2v) is 8.59. The van der Waals surface area contributed by atoms with Gasteiger partial charge in [0.2, 0.25) is 0 Å². The van der Waals surface area contributed by atoms with Gasteiger partial charge < -0.3 is 19.3 Å². The van der Waals surface area contributed by atoms with Crippen molar-refractivity contribution in [1.82, 2.24) is 0 Å². The van der Waals surface area contributed by atoms with E-state index in [9.17, 15) is 14.7 Å².